The maximum atomic E-state index is 13.2. The number of ether oxygens (including phenoxy) is 1. The lowest BCUT2D eigenvalue weighted by atomic mass is 10.1. The van der Waals surface area contributed by atoms with Crippen molar-refractivity contribution in [3.8, 4) is 5.75 Å². The van der Waals surface area contributed by atoms with Gasteiger partial charge >= 0.3 is 0 Å². The molecular formula is C20H16F2N2O. The Labute approximate surface area is 144 Å². The van der Waals surface area contributed by atoms with Gasteiger partial charge in [-0.2, -0.15) is 5.10 Å². The van der Waals surface area contributed by atoms with Crippen molar-refractivity contribution >= 4 is 11.9 Å². The summed E-state index contributed by atoms with van der Waals surface area (Å²) in [6.45, 7) is 0.205. The Kier molecular flexibility index (Phi) is 5.36. The molecule has 0 atom stereocenters. The standard InChI is InChI=1S/C20H16F2N2O/c21-17-10-18(22)12-20(11-17)25-14-16-6-4-5-15(9-16)13-23-24-19-7-2-1-3-8-19/h1-13,24H,14H2. The SMILES string of the molecule is Fc1cc(F)cc(OCc2cccc(C=NNc3ccccc3)c2)c1. The molecule has 126 valence electrons. The zero-order chi connectivity index (χ0) is 17.5. The van der Waals surface area contributed by atoms with Crippen LogP contribution in [0.1, 0.15) is 11.1 Å². The second-order valence-corrected chi connectivity index (χ2v) is 5.37. The summed E-state index contributed by atoms with van der Waals surface area (Å²) in [4.78, 5) is 0. The van der Waals surface area contributed by atoms with Crippen molar-refractivity contribution in [1.82, 2.24) is 0 Å². The maximum Gasteiger partial charge on any atom is 0.129 e. The van der Waals surface area contributed by atoms with E-state index in [1.54, 1.807) is 6.21 Å². The van der Waals surface area contributed by atoms with Crippen molar-refractivity contribution in [2.24, 2.45) is 5.10 Å². The smallest absolute Gasteiger partial charge is 0.129 e. The minimum absolute atomic E-state index is 0.155. The van der Waals surface area contributed by atoms with E-state index in [1.807, 2.05) is 54.6 Å². The summed E-state index contributed by atoms with van der Waals surface area (Å²) >= 11 is 0. The molecule has 0 aliphatic heterocycles. The molecule has 0 radical (unpaired) electrons. The van der Waals surface area contributed by atoms with Crippen molar-refractivity contribution in [1.29, 1.82) is 0 Å². The van der Waals surface area contributed by atoms with Crippen LogP contribution in [-0.2, 0) is 6.61 Å². The quantitative estimate of drug-likeness (QED) is 0.507. The number of benzene rings is 3. The lowest BCUT2D eigenvalue weighted by Crippen LogP contribution is -1.98. The van der Waals surface area contributed by atoms with Crippen LogP contribution in [0.3, 0.4) is 0 Å². The van der Waals surface area contributed by atoms with Gasteiger partial charge in [-0.3, -0.25) is 5.43 Å². The molecule has 0 amide bonds. The average Bonchev–Trinajstić information content (AvgIpc) is 2.61. The molecule has 1 N–H and O–H groups in total. The summed E-state index contributed by atoms with van der Waals surface area (Å²) in [6, 6.07) is 20.3. The van der Waals surface area contributed by atoms with Gasteiger partial charge in [-0.05, 0) is 29.3 Å². The minimum Gasteiger partial charge on any atom is -0.489 e. The van der Waals surface area contributed by atoms with Crippen LogP contribution in [0.4, 0.5) is 14.5 Å². The Bertz CT molecular complexity index is 846. The zero-order valence-corrected chi connectivity index (χ0v) is 13.3. The van der Waals surface area contributed by atoms with Crippen LogP contribution in [0.2, 0.25) is 0 Å². The molecule has 3 aromatic rings. The third-order valence-corrected chi connectivity index (χ3v) is 3.37. The fourth-order valence-corrected chi connectivity index (χ4v) is 2.24. The molecule has 5 heteroatoms. The minimum atomic E-state index is -0.664. The van der Waals surface area contributed by atoms with Crippen LogP contribution in [0, 0.1) is 11.6 Å². The summed E-state index contributed by atoms with van der Waals surface area (Å²) in [5, 5.41) is 4.18. The van der Waals surface area contributed by atoms with Gasteiger partial charge in [0.1, 0.15) is 24.0 Å². The molecule has 0 saturated heterocycles. The molecule has 0 bridgehead atoms. The second kappa shape index (κ2) is 8.06. The average molecular weight is 338 g/mol. The molecule has 0 spiro atoms. The Balaban J connectivity index is 1.61. The molecule has 0 aromatic heterocycles. The van der Waals surface area contributed by atoms with Gasteiger partial charge in [-0.1, -0.05) is 36.4 Å². The van der Waals surface area contributed by atoms with Crippen molar-refractivity contribution in [3.63, 3.8) is 0 Å². The summed E-state index contributed by atoms with van der Waals surface area (Å²) in [5.41, 5.74) is 5.59. The highest BCUT2D eigenvalue weighted by Crippen LogP contribution is 2.17. The first-order valence-corrected chi connectivity index (χ1v) is 7.71. The lowest BCUT2D eigenvalue weighted by Gasteiger charge is -2.07. The van der Waals surface area contributed by atoms with Crippen molar-refractivity contribution in [3.05, 3.63) is 95.6 Å². The van der Waals surface area contributed by atoms with Gasteiger partial charge in [-0.15, -0.1) is 0 Å². The number of hydrazone groups is 1. The van der Waals surface area contributed by atoms with Crippen LogP contribution in [0.25, 0.3) is 0 Å². The van der Waals surface area contributed by atoms with E-state index in [0.717, 1.165) is 35.0 Å². The summed E-state index contributed by atoms with van der Waals surface area (Å²) in [6.07, 6.45) is 1.69. The van der Waals surface area contributed by atoms with Crippen LogP contribution in [0.5, 0.6) is 5.75 Å². The van der Waals surface area contributed by atoms with Gasteiger partial charge in [0.15, 0.2) is 0 Å². The summed E-state index contributed by atoms with van der Waals surface area (Å²) in [7, 11) is 0. The molecule has 25 heavy (non-hydrogen) atoms. The molecule has 0 unspecified atom stereocenters. The topological polar surface area (TPSA) is 33.6 Å². The normalized spacial score (nSPS) is 10.8. The Morgan fingerprint density at radius 1 is 0.880 bits per heavy atom. The fraction of sp³-hybridized carbons (Fsp3) is 0.0500. The molecule has 0 aliphatic rings. The van der Waals surface area contributed by atoms with Crippen LogP contribution < -0.4 is 10.2 Å². The van der Waals surface area contributed by atoms with Crippen molar-refractivity contribution in [2.45, 2.75) is 6.61 Å². The van der Waals surface area contributed by atoms with E-state index in [-0.39, 0.29) is 12.4 Å². The van der Waals surface area contributed by atoms with Crippen LogP contribution >= 0.6 is 0 Å². The predicted octanol–water partition coefficient (Wildman–Crippen LogP) is 4.99. The van der Waals surface area contributed by atoms with E-state index in [9.17, 15) is 8.78 Å². The highest BCUT2D eigenvalue weighted by molar-refractivity contribution is 5.80. The molecule has 0 heterocycles. The van der Waals surface area contributed by atoms with Crippen molar-refractivity contribution in [2.75, 3.05) is 5.43 Å². The lowest BCUT2D eigenvalue weighted by molar-refractivity contribution is 0.302. The summed E-state index contributed by atoms with van der Waals surface area (Å²) < 4.78 is 31.7. The number of rotatable bonds is 6. The number of nitrogens with zero attached hydrogens (tertiary/aromatic N) is 1. The zero-order valence-electron chi connectivity index (χ0n) is 13.3. The van der Waals surface area contributed by atoms with E-state index in [2.05, 4.69) is 10.5 Å². The van der Waals surface area contributed by atoms with Crippen LogP contribution in [0.15, 0.2) is 77.9 Å². The van der Waals surface area contributed by atoms with Gasteiger partial charge in [0.2, 0.25) is 0 Å². The Hall–Kier alpha value is -3.21. The number of para-hydroxylation sites is 1. The van der Waals surface area contributed by atoms with Crippen molar-refractivity contribution < 1.29 is 13.5 Å². The largest absolute Gasteiger partial charge is 0.489 e. The number of nitrogens with one attached hydrogen (secondary N) is 1. The highest BCUT2D eigenvalue weighted by Gasteiger charge is 2.02. The number of hydrogen-bond donors (Lipinski definition) is 1. The van der Waals surface area contributed by atoms with E-state index >= 15 is 0 Å². The molecule has 3 aromatic carbocycles. The van der Waals surface area contributed by atoms with E-state index < -0.39 is 11.6 Å². The van der Waals surface area contributed by atoms with Gasteiger partial charge in [-0.25, -0.2) is 8.78 Å². The van der Waals surface area contributed by atoms with E-state index in [0.29, 0.717) is 0 Å². The first-order chi connectivity index (χ1) is 12.2. The Morgan fingerprint density at radius 3 is 2.40 bits per heavy atom. The van der Waals surface area contributed by atoms with E-state index in [1.165, 1.54) is 0 Å². The highest BCUT2D eigenvalue weighted by atomic mass is 19.1. The predicted molar refractivity (Wildman–Crippen MR) is 94.8 cm³/mol. The third-order valence-electron chi connectivity index (χ3n) is 3.37. The maximum absolute atomic E-state index is 13.2. The first kappa shape index (κ1) is 16.6. The molecule has 0 fully saturated rings. The number of hydrogen-bond acceptors (Lipinski definition) is 3. The molecule has 3 nitrogen and oxygen atoms in total. The first-order valence-electron chi connectivity index (χ1n) is 7.71. The van der Waals surface area contributed by atoms with Gasteiger partial charge in [0.25, 0.3) is 0 Å². The van der Waals surface area contributed by atoms with Crippen LogP contribution in [-0.4, -0.2) is 6.21 Å². The Morgan fingerprint density at radius 2 is 1.64 bits per heavy atom. The van der Waals surface area contributed by atoms with Gasteiger partial charge in [0.05, 0.1) is 11.9 Å². The molecule has 0 aliphatic carbocycles. The van der Waals surface area contributed by atoms with Gasteiger partial charge in [0, 0.05) is 18.2 Å². The second-order valence-electron chi connectivity index (χ2n) is 5.37. The molecule has 3 rings (SSSR count). The fourth-order valence-electron chi connectivity index (χ4n) is 2.24. The number of anilines is 1. The van der Waals surface area contributed by atoms with E-state index in [4.69, 9.17) is 4.74 Å². The van der Waals surface area contributed by atoms with Gasteiger partial charge < -0.3 is 4.74 Å². The summed E-state index contributed by atoms with van der Waals surface area (Å²) in [5.74, 6) is -1.17. The molecule has 0 saturated carbocycles. The monoisotopic (exact) mass is 338 g/mol. The molecular weight excluding hydrogens is 322 g/mol. The third kappa shape index (κ3) is 5.14. The number of halogens is 2.